The van der Waals surface area contributed by atoms with Gasteiger partial charge in [0.15, 0.2) is 0 Å². The van der Waals surface area contributed by atoms with Crippen LogP contribution >= 0.6 is 0 Å². The third-order valence-corrected chi connectivity index (χ3v) is 3.88. The van der Waals surface area contributed by atoms with Gasteiger partial charge in [0.05, 0.1) is 6.54 Å². The van der Waals surface area contributed by atoms with E-state index in [0.29, 0.717) is 30.1 Å². The minimum absolute atomic E-state index is 0.244. The number of carbonyl (C=O) groups is 3. The Hall–Kier alpha value is -3.35. The van der Waals surface area contributed by atoms with Gasteiger partial charge in [0.2, 0.25) is 11.8 Å². The van der Waals surface area contributed by atoms with Crippen LogP contribution in [0.25, 0.3) is 0 Å². The SMILES string of the molecule is CC(=O)Nc1cc(NC(C)=O)cc(C(=O)N(C)CCOc2ccc(C)cc2)c1. The highest BCUT2D eigenvalue weighted by Gasteiger charge is 2.15. The molecule has 148 valence electrons. The molecule has 2 aromatic rings. The number of aryl methyl sites for hydroxylation is 1. The number of nitrogens with one attached hydrogen (secondary N) is 2. The van der Waals surface area contributed by atoms with Crippen LogP contribution in [0.15, 0.2) is 42.5 Å². The maximum Gasteiger partial charge on any atom is 0.253 e. The zero-order valence-electron chi connectivity index (χ0n) is 16.5. The number of nitrogens with zero attached hydrogens (tertiary/aromatic N) is 1. The molecule has 7 nitrogen and oxygen atoms in total. The molecule has 7 heteroatoms. The van der Waals surface area contributed by atoms with Gasteiger partial charge in [-0.25, -0.2) is 0 Å². The highest BCUT2D eigenvalue weighted by molar-refractivity contribution is 5.99. The number of benzene rings is 2. The molecule has 0 aromatic heterocycles. The number of amides is 3. The largest absolute Gasteiger partial charge is 0.492 e. The first kappa shape index (κ1) is 21.0. The van der Waals surface area contributed by atoms with Crippen LogP contribution in [-0.4, -0.2) is 42.8 Å². The monoisotopic (exact) mass is 383 g/mol. The average Bonchev–Trinajstić information content (AvgIpc) is 2.61. The third-order valence-electron chi connectivity index (χ3n) is 3.88. The maximum atomic E-state index is 12.8. The van der Waals surface area contributed by atoms with E-state index < -0.39 is 0 Å². The summed E-state index contributed by atoms with van der Waals surface area (Å²) in [6.45, 7) is 5.48. The van der Waals surface area contributed by atoms with Gasteiger partial charge in [0.1, 0.15) is 12.4 Å². The van der Waals surface area contributed by atoms with Crippen LogP contribution in [0.4, 0.5) is 11.4 Å². The standard InChI is InChI=1S/C21H25N3O4/c1-14-5-7-20(8-6-14)28-10-9-24(4)21(27)17-11-18(22-15(2)25)13-19(12-17)23-16(3)26/h5-8,11-13H,9-10H2,1-4H3,(H,22,25)(H,23,26). The van der Waals surface area contributed by atoms with Crippen molar-refractivity contribution in [3.05, 3.63) is 53.6 Å². The molecule has 0 radical (unpaired) electrons. The van der Waals surface area contributed by atoms with Gasteiger partial charge in [0, 0.05) is 37.8 Å². The molecular formula is C21H25N3O4. The number of hydrogen-bond acceptors (Lipinski definition) is 4. The van der Waals surface area contributed by atoms with Gasteiger partial charge in [-0.2, -0.15) is 0 Å². The third kappa shape index (κ3) is 6.42. The van der Waals surface area contributed by atoms with Gasteiger partial charge < -0.3 is 20.3 Å². The van der Waals surface area contributed by atoms with E-state index in [1.165, 1.54) is 18.7 Å². The van der Waals surface area contributed by atoms with E-state index in [1.54, 1.807) is 25.2 Å². The first-order chi connectivity index (χ1) is 13.2. The Bertz CT molecular complexity index is 828. The van der Waals surface area contributed by atoms with Crippen molar-refractivity contribution in [2.24, 2.45) is 0 Å². The van der Waals surface area contributed by atoms with Crippen LogP contribution in [0.5, 0.6) is 5.75 Å². The summed E-state index contributed by atoms with van der Waals surface area (Å²) >= 11 is 0. The van der Waals surface area contributed by atoms with E-state index in [9.17, 15) is 14.4 Å². The predicted octanol–water partition coefficient (Wildman–Crippen LogP) is 3.06. The van der Waals surface area contributed by atoms with Crippen molar-refractivity contribution in [3.8, 4) is 5.75 Å². The van der Waals surface area contributed by atoms with Gasteiger partial charge >= 0.3 is 0 Å². The van der Waals surface area contributed by atoms with E-state index in [-0.39, 0.29) is 17.7 Å². The Morgan fingerprint density at radius 1 is 0.929 bits per heavy atom. The van der Waals surface area contributed by atoms with Crippen molar-refractivity contribution in [2.75, 3.05) is 30.8 Å². The van der Waals surface area contributed by atoms with Crippen molar-refractivity contribution in [2.45, 2.75) is 20.8 Å². The predicted molar refractivity (Wildman–Crippen MR) is 109 cm³/mol. The van der Waals surface area contributed by atoms with Crippen molar-refractivity contribution in [3.63, 3.8) is 0 Å². The van der Waals surface area contributed by atoms with E-state index in [0.717, 1.165) is 11.3 Å². The fraction of sp³-hybridized carbons (Fsp3) is 0.286. The van der Waals surface area contributed by atoms with Crippen LogP contribution in [-0.2, 0) is 9.59 Å². The number of ether oxygens (including phenoxy) is 1. The Morgan fingerprint density at radius 3 is 1.96 bits per heavy atom. The summed E-state index contributed by atoms with van der Waals surface area (Å²) in [6, 6.07) is 12.4. The van der Waals surface area contributed by atoms with Crippen molar-refractivity contribution >= 4 is 29.1 Å². The molecule has 0 heterocycles. The number of hydrogen-bond donors (Lipinski definition) is 2. The molecule has 0 spiro atoms. The van der Waals surface area contributed by atoms with E-state index in [4.69, 9.17) is 4.74 Å². The Morgan fingerprint density at radius 2 is 1.46 bits per heavy atom. The van der Waals surface area contributed by atoms with Crippen LogP contribution in [0, 0.1) is 6.92 Å². The Labute approximate surface area is 164 Å². The summed E-state index contributed by atoms with van der Waals surface area (Å²) in [4.78, 5) is 37.0. The van der Waals surface area contributed by atoms with Crippen LogP contribution < -0.4 is 15.4 Å². The Balaban J connectivity index is 2.06. The second-order valence-corrected chi connectivity index (χ2v) is 6.55. The zero-order valence-corrected chi connectivity index (χ0v) is 16.5. The smallest absolute Gasteiger partial charge is 0.253 e. The first-order valence-electron chi connectivity index (χ1n) is 8.90. The molecule has 2 N–H and O–H groups in total. The summed E-state index contributed by atoms with van der Waals surface area (Å²) in [6.07, 6.45) is 0. The molecule has 28 heavy (non-hydrogen) atoms. The Kier molecular flexibility index (Phi) is 7.14. The van der Waals surface area contributed by atoms with Crippen molar-refractivity contribution in [1.82, 2.24) is 4.90 Å². The number of carbonyl (C=O) groups excluding carboxylic acids is 3. The molecule has 0 bridgehead atoms. The molecule has 3 amide bonds. The maximum absolute atomic E-state index is 12.8. The number of rotatable bonds is 7. The molecule has 0 aliphatic rings. The zero-order chi connectivity index (χ0) is 20.7. The summed E-state index contributed by atoms with van der Waals surface area (Å²) in [5, 5.41) is 5.27. The molecule has 2 aromatic carbocycles. The fourth-order valence-corrected chi connectivity index (χ4v) is 2.56. The first-order valence-corrected chi connectivity index (χ1v) is 8.90. The van der Waals surface area contributed by atoms with E-state index in [1.807, 2.05) is 31.2 Å². The summed E-state index contributed by atoms with van der Waals surface area (Å²) in [5.41, 5.74) is 2.37. The minimum Gasteiger partial charge on any atom is -0.492 e. The highest BCUT2D eigenvalue weighted by Crippen LogP contribution is 2.20. The molecule has 0 saturated carbocycles. The minimum atomic E-state index is -0.266. The average molecular weight is 383 g/mol. The van der Waals surface area contributed by atoms with Gasteiger partial charge in [-0.3, -0.25) is 14.4 Å². The second kappa shape index (κ2) is 9.55. The van der Waals surface area contributed by atoms with Gasteiger partial charge in [-0.1, -0.05) is 17.7 Å². The second-order valence-electron chi connectivity index (χ2n) is 6.55. The summed E-state index contributed by atoms with van der Waals surface area (Å²) < 4.78 is 5.66. The van der Waals surface area contributed by atoms with Crippen molar-refractivity contribution < 1.29 is 19.1 Å². The highest BCUT2D eigenvalue weighted by atomic mass is 16.5. The van der Waals surface area contributed by atoms with Gasteiger partial charge in [-0.05, 0) is 37.3 Å². The van der Waals surface area contributed by atoms with Crippen molar-refractivity contribution in [1.29, 1.82) is 0 Å². The van der Waals surface area contributed by atoms with Crippen LogP contribution in [0.3, 0.4) is 0 Å². The van der Waals surface area contributed by atoms with Crippen LogP contribution in [0.2, 0.25) is 0 Å². The lowest BCUT2D eigenvalue weighted by Gasteiger charge is -2.19. The normalized spacial score (nSPS) is 10.1. The molecule has 0 aliphatic heterocycles. The molecule has 0 atom stereocenters. The topological polar surface area (TPSA) is 87.7 Å². The molecule has 0 fully saturated rings. The van der Waals surface area contributed by atoms with E-state index in [2.05, 4.69) is 10.6 Å². The molecule has 0 unspecified atom stereocenters. The lowest BCUT2D eigenvalue weighted by Crippen LogP contribution is -2.31. The quantitative estimate of drug-likeness (QED) is 0.769. The summed E-state index contributed by atoms with van der Waals surface area (Å²) in [5.74, 6) is -0.0326. The lowest BCUT2D eigenvalue weighted by molar-refractivity contribution is -0.115. The van der Waals surface area contributed by atoms with Crippen LogP contribution in [0.1, 0.15) is 29.8 Å². The molecular weight excluding hydrogens is 358 g/mol. The van der Waals surface area contributed by atoms with Gasteiger partial charge in [-0.15, -0.1) is 0 Å². The summed E-state index contributed by atoms with van der Waals surface area (Å²) in [7, 11) is 1.67. The lowest BCUT2D eigenvalue weighted by atomic mass is 10.1. The molecule has 0 saturated heterocycles. The molecule has 2 rings (SSSR count). The molecule has 0 aliphatic carbocycles. The number of anilines is 2. The van der Waals surface area contributed by atoms with Gasteiger partial charge in [0.25, 0.3) is 5.91 Å². The van der Waals surface area contributed by atoms with E-state index >= 15 is 0 Å². The number of likely N-dealkylation sites (N-methyl/N-ethyl adjacent to an activating group) is 1. The fourth-order valence-electron chi connectivity index (χ4n) is 2.56.